The third-order valence-corrected chi connectivity index (χ3v) is 3.98. The minimum Gasteiger partial charge on any atom is -0.370 e. The Hall–Kier alpha value is -2.31. The molecule has 1 aliphatic rings. The summed E-state index contributed by atoms with van der Waals surface area (Å²) in [6, 6.07) is 5.27. The van der Waals surface area contributed by atoms with E-state index in [1.807, 2.05) is 4.90 Å². The van der Waals surface area contributed by atoms with E-state index in [-0.39, 0.29) is 17.3 Å². The number of nitrogens with zero attached hydrogens (tertiary/aromatic N) is 2. The summed E-state index contributed by atoms with van der Waals surface area (Å²) in [5.41, 5.74) is 5.66. The summed E-state index contributed by atoms with van der Waals surface area (Å²) in [4.78, 5) is 17.2. The van der Waals surface area contributed by atoms with Crippen LogP contribution >= 0.6 is 0 Å². The van der Waals surface area contributed by atoms with Gasteiger partial charge in [0.1, 0.15) is 0 Å². The first kappa shape index (κ1) is 14.6. The fourth-order valence-corrected chi connectivity index (χ4v) is 2.80. The molecule has 2 aromatic rings. The van der Waals surface area contributed by atoms with Gasteiger partial charge in [-0.05, 0) is 24.6 Å². The lowest BCUT2D eigenvalue weighted by atomic mass is 10.1. The molecule has 1 atom stereocenters. The van der Waals surface area contributed by atoms with Gasteiger partial charge in [-0.3, -0.25) is 9.78 Å². The maximum absolute atomic E-state index is 12.8. The van der Waals surface area contributed by atoms with Crippen molar-refractivity contribution < 1.29 is 18.0 Å². The molecule has 0 aliphatic carbocycles. The molecule has 1 amide bonds. The number of primary amides is 1. The molecule has 1 unspecified atom stereocenters. The summed E-state index contributed by atoms with van der Waals surface area (Å²) in [7, 11) is 0. The van der Waals surface area contributed by atoms with Crippen molar-refractivity contribution in [3.05, 3.63) is 36.0 Å². The van der Waals surface area contributed by atoms with Crippen molar-refractivity contribution in [2.24, 2.45) is 11.7 Å². The maximum Gasteiger partial charge on any atom is 0.416 e. The molecule has 2 N–H and O–H groups in total. The minimum absolute atomic E-state index is 0.224. The number of carbonyl (C=O) groups excluding carboxylic acids is 1. The molecule has 1 fully saturated rings. The highest BCUT2D eigenvalue weighted by Gasteiger charge is 2.31. The molecule has 0 spiro atoms. The Balaban J connectivity index is 2.00. The SMILES string of the molecule is NC(=O)C1CCN(c2ccnc3cc(C(F)(F)F)ccc23)C1. The van der Waals surface area contributed by atoms with Gasteiger partial charge in [0.05, 0.1) is 17.0 Å². The van der Waals surface area contributed by atoms with Gasteiger partial charge >= 0.3 is 6.18 Å². The number of hydrogen-bond acceptors (Lipinski definition) is 3. The average molecular weight is 309 g/mol. The van der Waals surface area contributed by atoms with Crippen LogP contribution in [0.3, 0.4) is 0 Å². The van der Waals surface area contributed by atoms with Gasteiger partial charge in [0.2, 0.25) is 5.91 Å². The van der Waals surface area contributed by atoms with Crippen LogP contribution < -0.4 is 10.6 Å². The third kappa shape index (κ3) is 2.58. The lowest BCUT2D eigenvalue weighted by molar-refractivity contribution is -0.137. The van der Waals surface area contributed by atoms with Crippen molar-refractivity contribution in [2.45, 2.75) is 12.6 Å². The van der Waals surface area contributed by atoms with Gasteiger partial charge in [-0.2, -0.15) is 13.2 Å². The summed E-state index contributed by atoms with van der Waals surface area (Å²) in [5, 5.41) is 0.639. The number of benzene rings is 1. The van der Waals surface area contributed by atoms with Gasteiger partial charge in [0.25, 0.3) is 0 Å². The first-order valence-electron chi connectivity index (χ1n) is 6.86. The first-order chi connectivity index (χ1) is 10.4. The molecule has 2 heterocycles. The monoisotopic (exact) mass is 309 g/mol. The van der Waals surface area contributed by atoms with Gasteiger partial charge in [0, 0.05) is 30.4 Å². The van der Waals surface area contributed by atoms with E-state index in [0.717, 1.165) is 17.8 Å². The van der Waals surface area contributed by atoms with E-state index < -0.39 is 11.7 Å². The lowest BCUT2D eigenvalue weighted by Gasteiger charge is -2.20. The van der Waals surface area contributed by atoms with Crippen LogP contribution in [0.15, 0.2) is 30.5 Å². The summed E-state index contributed by atoms with van der Waals surface area (Å²) < 4.78 is 38.3. The number of aromatic nitrogens is 1. The van der Waals surface area contributed by atoms with Crippen molar-refractivity contribution in [3.63, 3.8) is 0 Å². The van der Waals surface area contributed by atoms with Crippen LogP contribution in [0.1, 0.15) is 12.0 Å². The Bertz CT molecular complexity index is 730. The summed E-state index contributed by atoms with van der Waals surface area (Å²) >= 11 is 0. The Kier molecular flexibility index (Phi) is 3.42. The molecular weight excluding hydrogens is 295 g/mol. The fourth-order valence-electron chi connectivity index (χ4n) is 2.80. The van der Waals surface area contributed by atoms with Crippen LogP contribution in [0.25, 0.3) is 10.9 Å². The first-order valence-corrected chi connectivity index (χ1v) is 6.86. The Morgan fingerprint density at radius 1 is 1.32 bits per heavy atom. The molecular formula is C15H14F3N3O. The predicted octanol–water partition coefficient (Wildman–Crippen LogP) is 2.57. The molecule has 1 aliphatic heterocycles. The smallest absolute Gasteiger partial charge is 0.370 e. The van der Waals surface area contributed by atoms with Crippen molar-refractivity contribution in [1.29, 1.82) is 0 Å². The van der Waals surface area contributed by atoms with Crippen LogP contribution in [-0.2, 0) is 11.0 Å². The number of amides is 1. The fraction of sp³-hybridized carbons (Fsp3) is 0.333. The van der Waals surface area contributed by atoms with E-state index in [1.54, 1.807) is 6.07 Å². The third-order valence-electron chi connectivity index (χ3n) is 3.98. The zero-order valence-corrected chi connectivity index (χ0v) is 11.6. The van der Waals surface area contributed by atoms with E-state index in [4.69, 9.17) is 5.73 Å². The number of hydrogen-bond donors (Lipinski definition) is 1. The van der Waals surface area contributed by atoms with Crippen molar-refractivity contribution in [2.75, 3.05) is 18.0 Å². The summed E-state index contributed by atoms with van der Waals surface area (Å²) in [5.74, 6) is -0.571. The van der Waals surface area contributed by atoms with E-state index in [9.17, 15) is 18.0 Å². The van der Waals surface area contributed by atoms with Crippen molar-refractivity contribution >= 4 is 22.5 Å². The van der Waals surface area contributed by atoms with Gasteiger partial charge in [-0.15, -0.1) is 0 Å². The van der Waals surface area contributed by atoms with Crippen LogP contribution in [0.4, 0.5) is 18.9 Å². The highest BCUT2D eigenvalue weighted by molar-refractivity contribution is 5.92. The van der Waals surface area contributed by atoms with Crippen molar-refractivity contribution in [3.8, 4) is 0 Å². The maximum atomic E-state index is 12.8. The molecule has 22 heavy (non-hydrogen) atoms. The highest BCUT2D eigenvalue weighted by Crippen LogP contribution is 2.34. The van der Waals surface area contributed by atoms with Crippen LogP contribution in [0.2, 0.25) is 0 Å². The largest absolute Gasteiger partial charge is 0.416 e. The summed E-state index contributed by atoms with van der Waals surface area (Å²) in [6.07, 6.45) is -2.26. The van der Waals surface area contributed by atoms with E-state index >= 15 is 0 Å². The summed E-state index contributed by atoms with van der Waals surface area (Å²) in [6.45, 7) is 1.13. The number of carbonyl (C=O) groups is 1. The number of alkyl halides is 3. The Morgan fingerprint density at radius 2 is 2.09 bits per heavy atom. The topological polar surface area (TPSA) is 59.2 Å². The highest BCUT2D eigenvalue weighted by atomic mass is 19.4. The van der Waals surface area contributed by atoms with Crippen molar-refractivity contribution in [1.82, 2.24) is 4.98 Å². The zero-order chi connectivity index (χ0) is 15.9. The number of halogens is 3. The second-order valence-electron chi connectivity index (χ2n) is 5.39. The van der Waals surface area contributed by atoms with Crippen LogP contribution in [-0.4, -0.2) is 24.0 Å². The number of rotatable bonds is 2. The normalized spacial score (nSPS) is 18.9. The number of anilines is 1. The number of pyridine rings is 1. The zero-order valence-electron chi connectivity index (χ0n) is 11.6. The molecule has 0 bridgehead atoms. The molecule has 1 saturated heterocycles. The molecule has 4 nitrogen and oxygen atoms in total. The molecule has 3 rings (SSSR count). The molecule has 1 aromatic carbocycles. The Labute approximate surface area is 124 Å². The molecule has 1 aromatic heterocycles. The minimum atomic E-state index is -4.39. The van der Waals surface area contributed by atoms with Crippen LogP contribution in [0.5, 0.6) is 0 Å². The van der Waals surface area contributed by atoms with E-state index in [0.29, 0.717) is 24.9 Å². The van der Waals surface area contributed by atoms with Gasteiger partial charge < -0.3 is 10.6 Å². The van der Waals surface area contributed by atoms with E-state index in [2.05, 4.69) is 4.98 Å². The second kappa shape index (κ2) is 5.15. The lowest BCUT2D eigenvalue weighted by Crippen LogP contribution is -2.27. The van der Waals surface area contributed by atoms with Gasteiger partial charge in [-0.1, -0.05) is 6.07 Å². The predicted molar refractivity (Wildman–Crippen MR) is 76.3 cm³/mol. The molecule has 7 heteroatoms. The second-order valence-corrected chi connectivity index (χ2v) is 5.39. The average Bonchev–Trinajstić information content (AvgIpc) is 2.95. The van der Waals surface area contributed by atoms with E-state index in [1.165, 1.54) is 12.3 Å². The Morgan fingerprint density at radius 3 is 2.73 bits per heavy atom. The molecule has 116 valence electrons. The van der Waals surface area contributed by atoms with Gasteiger partial charge in [-0.25, -0.2) is 0 Å². The van der Waals surface area contributed by atoms with Crippen LogP contribution in [0, 0.1) is 5.92 Å². The standard InChI is InChI=1S/C15H14F3N3O/c16-15(17,18)10-1-2-11-12(7-10)20-5-3-13(11)21-6-4-9(8-21)14(19)22/h1-3,5,7,9H,4,6,8H2,(H2,19,22). The number of fused-ring (bicyclic) bond motifs is 1. The quantitative estimate of drug-likeness (QED) is 0.927. The number of nitrogens with two attached hydrogens (primary N) is 1. The molecule has 0 saturated carbocycles. The van der Waals surface area contributed by atoms with Gasteiger partial charge in [0.15, 0.2) is 0 Å². The molecule has 0 radical (unpaired) electrons.